The molecule has 0 aliphatic heterocycles. The standard InChI is InChI=1S/C31H26N4O4S2/c1-18-13-14-25(39-20(3)21-9-5-4-6-10-21)28-23(31(36)35-41(37,38)27-15-16-32-34-27)17-24(33-29(18)28)30-19(2)22-11-7-8-12-26(22)40-30/h4-17,20H,1-3H3,(H,32,34)(H,35,36)/t20-/m1/s1. The molecule has 0 aliphatic rings. The summed E-state index contributed by atoms with van der Waals surface area (Å²) >= 11 is 1.58. The first-order valence-corrected chi connectivity index (χ1v) is 15.2. The molecule has 0 aliphatic carbocycles. The molecule has 0 unspecified atom stereocenters. The van der Waals surface area contributed by atoms with E-state index in [0.29, 0.717) is 22.3 Å². The third kappa shape index (κ3) is 4.96. The van der Waals surface area contributed by atoms with E-state index in [1.165, 1.54) is 12.3 Å². The number of pyridine rings is 1. The van der Waals surface area contributed by atoms with E-state index in [-0.39, 0.29) is 16.7 Å². The number of thiophene rings is 1. The average Bonchev–Trinajstić information content (AvgIpc) is 3.64. The molecular weight excluding hydrogens is 556 g/mol. The third-order valence-electron chi connectivity index (χ3n) is 7.01. The van der Waals surface area contributed by atoms with Gasteiger partial charge in [-0.05, 0) is 67.1 Å². The normalized spacial score (nSPS) is 12.5. The molecule has 0 bridgehead atoms. The Balaban J connectivity index is 1.55. The SMILES string of the molecule is Cc1c(-c2cc(C(=O)NS(=O)(=O)c3ccn[nH]3)c3c(O[C@H](C)c4ccccc4)ccc(C)c3n2)sc2ccccc12. The van der Waals surface area contributed by atoms with Crippen LogP contribution in [0.3, 0.4) is 0 Å². The maximum Gasteiger partial charge on any atom is 0.281 e. The smallest absolute Gasteiger partial charge is 0.281 e. The molecule has 2 N–H and O–H groups in total. The molecule has 10 heteroatoms. The lowest BCUT2D eigenvalue weighted by molar-refractivity contribution is 0.0982. The van der Waals surface area contributed by atoms with Crippen molar-refractivity contribution in [3.63, 3.8) is 0 Å². The van der Waals surface area contributed by atoms with Crippen LogP contribution in [0, 0.1) is 13.8 Å². The zero-order valence-corrected chi connectivity index (χ0v) is 24.1. The van der Waals surface area contributed by atoms with Crippen LogP contribution in [-0.2, 0) is 10.0 Å². The number of ether oxygens (including phenoxy) is 1. The summed E-state index contributed by atoms with van der Waals surface area (Å²) in [5.41, 5.74) is 4.10. The van der Waals surface area contributed by atoms with E-state index >= 15 is 0 Å². The summed E-state index contributed by atoms with van der Waals surface area (Å²) in [4.78, 5) is 19.7. The lowest BCUT2D eigenvalue weighted by Gasteiger charge is -2.19. The molecule has 6 aromatic rings. The fraction of sp³-hybridized carbons (Fsp3) is 0.129. The summed E-state index contributed by atoms with van der Waals surface area (Å²) in [5.74, 6) is -0.368. The van der Waals surface area contributed by atoms with E-state index in [0.717, 1.165) is 31.7 Å². The highest BCUT2D eigenvalue weighted by molar-refractivity contribution is 7.90. The highest BCUT2D eigenvalue weighted by Crippen LogP contribution is 2.41. The fourth-order valence-electron chi connectivity index (χ4n) is 4.86. The van der Waals surface area contributed by atoms with Gasteiger partial charge in [-0.15, -0.1) is 11.3 Å². The van der Waals surface area contributed by atoms with Gasteiger partial charge in [-0.25, -0.2) is 9.71 Å². The molecule has 3 aromatic heterocycles. The number of nitrogens with zero attached hydrogens (tertiary/aromatic N) is 2. The van der Waals surface area contributed by atoms with Crippen molar-refractivity contribution in [3.8, 4) is 16.3 Å². The molecule has 206 valence electrons. The lowest BCUT2D eigenvalue weighted by Crippen LogP contribution is -2.31. The first kappa shape index (κ1) is 26.7. The first-order valence-electron chi connectivity index (χ1n) is 12.9. The van der Waals surface area contributed by atoms with Crippen LogP contribution < -0.4 is 9.46 Å². The van der Waals surface area contributed by atoms with Gasteiger partial charge in [0.15, 0.2) is 5.03 Å². The van der Waals surface area contributed by atoms with Gasteiger partial charge < -0.3 is 4.74 Å². The Morgan fingerprint density at radius 3 is 2.49 bits per heavy atom. The predicted molar refractivity (Wildman–Crippen MR) is 161 cm³/mol. The number of carbonyl (C=O) groups is 1. The molecule has 0 fully saturated rings. The summed E-state index contributed by atoms with van der Waals surface area (Å²) < 4.78 is 35.7. The molecule has 1 amide bonds. The van der Waals surface area contributed by atoms with Gasteiger partial charge in [-0.3, -0.25) is 9.89 Å². The van der Waals surface area contributed by atoms with Gasteiger partial charge in [-0.1, -0.05) is 54.6 Å². The number of aromatic amines is 1. The van der Waals surface area contributed by atoms with Crippen LogP contribution in [0.5, 0.6) is 5.75 Å². The summed E-state index contributed by atoms with van der Waals surface area (Å²) in [6, 6.07) is 24.4. The Bertz CT molecular complexity index is 2020. The van der Waals surface area contributed by atoms with Crippen molar-refractivity contribution in [3.05, 3.63) is 107 Å². The minimum atomic E-state index is -4.20. The van der Waals surface area contributed by atoms with E-state index in [4.69, 9.17) is 9.72 Å². The second-order valence-electron chi connectivity index (χ2n) is 9.74. The number of rotatable bonds is 7. The summed E-state index contributed by atoms with van der Waals surface area (Å²) in [6.45, 7) is 5.85. The van der Waals surface area contributed by atoms with E-state index in [2.05, 4.69) is 21.0 Å². The maximum absolute atomic E-state index is 13.8. The van der Waals surface area contributed by atoms with Gasteiger partial charge in [0, 0.05) is 4.70 Å². The molecule has 0 saturated heterocycles. The largest absolute Gasteiger partial charge is 0.485 e. The number of carbonyl (C=O) groups excluding carboxylic acids is 1. The quantitative estimate of drug-likeness (QED) is 0.216. The highest BCUT2D eigenvalue weighted by Gasteiger charge is 2.26. The Morgan fingerprint density at radius 2 is 1.76 bits per heavy atom. The number of sulfonamides is 1. The molecule has 8 nitrogen and oxygen atoms in total. The first-order chi connectivity index (χ1) is 19.7. The van der Waals surface area contributed by atoms with Crippen LogP contribution in [0.2, 0.25) is 0 Å². The number of nitrogens with one attached hydrogen (secondary N) is 2. The number of hydrogen-bond donors (Lipinski definition) is 2. The second-order valence-corrected chi connectivity index (χ2v) is 12.4. The summed E-state index contributed by atoms with van der Waals surface area (Å²) in [5, 5.41) is 7.44. The van der Waals surface area contributed by atoms with E-state index < -0.39 is 15.9 Å². The number of benzene rings is 3. The van der Waals surface area contributed by atoms with E-state index in [9.17, 15) is 13.2 Å². The fourth-order valence-corrected chi connectivity index (χ4v) is 6.91. The zero-order valence-electron chi connectivity index (χ0n) is 22.5. The van der Waals surface area contributed by atoms with Gasteiger partial charge in [0.1, 0.15) is 11.9 Å². The maximum atomic E-state index is 13.8. The average molecular weight is 583 g/mol. The monoisotopic (exact) mass is 582 g/mol. The zero-order chi connectivity index (χ0) is 28.7. The lowest BCUT2D eigenvalue weighted by atomic mass is 10.0. The van der Waals surface area contributed by atoms with Crippen LogP contribution in [0.4, 0.5) is 0 Å². The van der Waals surface area contributed by atoms with Crippen molar-refractivity contribution >= 4 is 48.3 Å². The minimum Gasteiger partial charge on any atom is -0.485 e. The number of H-pyrrole nitrogens is 1. The van der Waals surface area contributed by atoms with Crippen molar-refractivity contribution in [2.24, 2.45) is 0 Å². The number of hydrogen-bond acceptors (Lipinski definition) is 7. The Labute approximate surface area is 241 Å². The Kier molecular flexibility index (Phi) is 6.80. The topological polar surface area (TPSA) is 114 Å². The highest BCUT2D eigenvalue weighted by atomic mass is 32.2. The van der Waals surface area contributed by atoms with E-state index in [1.54, 1.807) is 23.5 Å². The molecule has 41 heavy (non-hydrogen) atoms. The Hall–Kier alpha value is -4.54. The molecule has 3 heterocycles. The number of aromatic nitrogens is 3. The van der Waals surface area contributed by atoms with Gasteiger partial charge in [0.05, 0.1) is 33.2 Å². The molecule has 6 rings (SSSR count). The summed E-state index contributed by atoms with van der Waals surface area (Å²) in [7, 11) is -4.20. The van der Waals surface area contributed by atoms with Crippen LogP contribution in [0.15, 0.2) is 90.1 Å². The minimum absolute atomic E-state index is 0.143. The summed E-state index contributed by atoms with van der Waals surface area (Å²) in [6.07, 6.45) is 0.972. The van der Waals surface area contributed by atoms with Crippen LogP contribution >= 0.6 is 11.3 Å². The third-order valence-corrected chi connectivity index (χ3v) is 9.57. The number of amides is 1. The van der Waals surface area contributed by atoms with E-state index in [1.807, 2.05) is 75.4 Å². The van der Waals surface area contributed by atoms with Crippen molar-refractivity contribution in [2.75, 3.05) is 0 Å². The van der Waals surface area contributed by atoms with Crippen molar-refractivity contribution in [2.45, 2.75) is 31.9 Å². The van der Waals surface area contributed by atoms with Gasteiger partial charge >= 0.3 is 0 Å². The molecule has 3 aromatic carbocycles. The predicted octanol–water partition coefficient (Wildman–Crippen LogP) is 6.72. The van der Waals surface area contributed by atoms with Crippen molar-refractivity contribution in [1.29, 1.82) is 0 Å². The number of aryl methyl sites for hydroxylation is 2. The molecule has 1 atom stereocenters. The number of fused-ring (bicyclic) bond motifs is 2. The van der Waals surface area contributed by atoms with Gasteiger partial charge in [-0.2, -0.15) is 13.5 Å². The molecule has 0 spiro atoms. The van der Waals surface area contributed by atoms with Crippen molar-refractivity contribution in [1.82, 2.24) is 19.9 Å². The van der Waals surface area contributed by atoms with Crippen LogP contribution in [-0.4, -0.2) is 29.5 Å². The molecule has 0 radical (unpaired) electrons. The van der Waals surface area contributed by atoms with Gasteiger partial charge in [0.25, 0.3) is 15.9 Å². The Morgan fingerprint density at radius 1 is 1.00 bits per heavy atom. The van der Waals surface area contributed by atoms with Crippen LogP contribution in [0.1, 0.15) is 40.1 Å². The van der Waals surface area contributed by atoms with Gasteiger partial charge in [0.2, 0.25) is 0 Å². The molecular formula is C31H26N4O4S2. The molecule has 0 saturated carbocycles. The second kappa shape index (κ2) is 10.5. The van der Waals surface area contributed by atoms with Crippen LogP contribution in [0.25, 0.3) is 31.6 Å². The van der Waals surface area contributed by atoms with Crippen molar-refractivity contribution < 1.29 is 17.9 Å².